The van der Waals surface area contributed by atoms with Crippen molar-refractivity contribution in [3.05, 3.63) is 35.7 Å². The number of aliphatic hydroxyl groups excluding tert-OH is 1. The molecule has 0 aromatic rings. The molecule has 2 nitrogen and oxygen atoms in total. The molecule has 0 spiro atoms. The third-order valence-electron chi connectivity index (χ3n) is 2.07. The zero-order valence-corrected chi connectivity index (χ0v) is 6.96. The Kier molecular flexibility index (Phi) is 1.62. The molecule has 0 radical (unpaired) electrons. The van der Waals surface area contributed by atoms with Gasteiger partial charge in [0.25, 0.3) is 0 Å². The zero-order chi connectivity index (χ0) is 8.55. The highest BCUT2D eigenvalue weighted by molar-refractivity contribution is 5.70. The molecule has 0 saturated heterocycles. The standard InChI is InChI=1S/C10H11NO/c1-7-4-8-2-3-11-10(6-12)9(8)5-7/h2-5,11-12H,6H2,1H3. The van der Waals surface area contributed by atoms with Gasteiger partial charge in [-0.3, -0.25) is 0 Å². The normalized spacial score (nSPS) is 10.8. The Bertz CT molecular complexity index is 364. The van der Waals surface area contributed by atoms with E-state index in [2.05, 4.69) is 24.0 Å². The third kappa shape index (κ3) is 1.01. The van der Waals surface area contributed by atoms with E-state index in [9.17, 15) is 0 Å². The summed E-state index contributed by atoms with van der Waals surface area (Å²) in [6.45, 7) is 2.13. The van der Waals surface area contributed by atoms with Gasteiger partial charge in [0.05, 0.1) is 6.61 Å². The largest absolute Gasteiger partial charge is 0.390 e. The summed E-state index contributed by atoms with van der Waals surface area (Å²) in [6.07, 6.45) is 1.85. The first-order valence-electron chi connectivity index (χ1n) is 3.99. The molecule has 0 amide bonds. The maximum Gasteiger partial charge on any atom is 0.0837 e. The molecule has 12 heavy (non-hydrogen) atoms. The van der Waals surface area contributed by atoms with E-state index in [1.54, 1.807) is 0 Å². The minimum Gasteiger partial charge on any atom is -0.390 e. The molecule has 2 N–H and O–H groups in total. The number of aryl methyl sites for hydroxylation is 1. The zero-order valence-electron chi connectivity index (χ0n) is 6.96. The number of hydrogen-bond donors (Lipinski definition) is 2. The van der Waals surface area contributed by atoms with Crippen LogP contribution in [0, 0.1) is 6.92 Å². The van der Waals surface area contributed by atoms with E-state index in [1.807, 2.05) is 12.3 Å². The van der Waals surface area contributed by atoms with Gasteiger partial charge in [0.2, 0.25) is 0 Å². The summed E-state index contributed by atoms with van der Waals surface area (Å²) in [5, 5.41) is 9.01. The molecular weight excluding hydrogens is 150 g/mol. The molecule has 62 valence electrons. The quantitative estimate of drug-likeness (QED) is 0.658. The average molecular weight is 161 g/mol. The summed E-state index contributed by atoms with van der Waals surface area (Å²) >= 11 is 0. The van der Waals surface area contributed by atoms with Crippen LogP contribution >= 0.6 is 0 Å². The number of hydrogen-bond acceptors (Lipinski definition) is 1. The van der Waals surface area contributed by atoms with Crippen LogP contribution in [0.15, 0.2) is 24.4 Å². The van der Waals surface area contributed by atoms with Crippen LogP contribution < -0.4 is 0 Å². The molecule has 2 heteroatoms. The van der Waals surface area contributed by atoms with Crippen LogP contribution in [0.25, 0.3) is 11.1 Å². The maximum absolute atomic E-state index is 9.01. The average Bonchev–Trinajstić information content (AvgIpc) is 2.44. The minimum atomic E-state index is 0.0702. The Balaban J connectivity index is 2.68. The fraction of sp³-hybridized carbons (Fsp3) is 0.200. The molecule has 2 aliphatic rings. The number of fused-ring (bicyclic) bond motifs is 1. The van der Waals surface area contributed by atoms with Gasteiger partial charge in [-0.2, -0.15) is 0 Å². The Labute approximate surface area is 71.2 Å². The first kappa shape index (κ1) is 7.37. The molecule has 2 rings (SSSR count). The second kappa shape index (κ2) is 2.64. The van der Waals surface area contributed by atoms with Crippen LogP contribution in [-0.4, -0.2) is 10.1 Å². The Hall–Kier alpha value is -1.28. The first-order valence-corrected chi connectivity index (χ1v) is 3.99. The summed E-state index contributed by atoms with van der Waals surface area (Å²) in [5.41, 5.74) is 4.44. The number of nitrogens with one attached hydrogen (secondary N) is 1. The van der Waals surface area contributed by atoms with E-state index >= 15 is 0 Å². The fourth-order valence-corrected chi connectivity index (χ4v) is 1.52. The van der Waals surface area contributed by atoms with Crippen molar-refractivity contribution in [1.29, 1.82) is 0 Å². The second-order valence-electron chi connectivity index (χ2n) is 3.02. The summed E-state index contributed by atoms with van der Waals surface area (Å²) in [5.74, 6) is 0. The lowest BCUT2D eigenvalue weighted by Crippen LogP contribution is -1.91. The van der Waals surface area contributed by atoms with Gasteiger partial charge >= 0.3 is 0 Å². The van der Waals surface area contributed by atoms with Crippen molar-refractivity contribution in [3.8, 4) is 11.1 Å². The van der Waals surface area contributed by atoms with Crippen molar-refractivity contribution in [1.82, 2.24) is 4.98 Å². The molecule has 0 atom stereocenters. The van der Waals surface area contributed by atoms with Crippen LogP contribution in [-0.2, 0) is 6.61 Å². The first-order chi connectivity index (χ1) is 5.81. The van der Waals surface area contributed by atoms with Gasteiger partial charge in [0.15, 0.2) is 0 Å². The lowest BCUT2D eigenvalue weighted by Gasteiger charge is -2.03. The van der Waals surface area contributed by atoms with Crippen LogP contribution in [0.2, 0.25) is 0 Å². The number of rotatable bonds is 1. The van der Waals surface area contributed by atoms with E-state index in [-0.39, 0.29) is 6.61 Å². The highest BCUT2D eigenvalue weighted by Crippen LogP contribution is 2.27. The van der Waals surface area contributed by atoms with Gasteiger partial charge < -0.3 is 10.1 Å². The van der Waals surface area contributed by atoms with Gasteiger partial charge in [-0.15, -0.1) is 0 Å². The summed E-state index contributed by atoms with van der Waals surface area (Å²) in [6, 6.07) is 6.21. The molecule has 1 heterocycles. The summed E-state index contributed by atoms with van der Waals surface area (Å²) in [4.78, 5) is 3.02. The van der Waals surface area contributed by atoms with E-state index in [4.69, 9.17) is 5.11 Å². The van der Waals surface area contributed by atoms with Crippen molar-refractivity contribution < 1.29 is 5.11 Å². The van der Waals surface area contributed by atoms with Gasteiger partial charge in [-0.05, 0) is 30.2 Å². The van der Waals surface area contributed by atoms with Crippen LogP contribution in [0.4, 0.5) is 0 Å². The third-order valence-corrected chi connectivity index (χ3v) is 2.07. The molecule has 1 aliphatic heterocycles. The smallest absolute Gasteiger partial charge is 0.0837 e. The molecule has 0 aromatic heterocycles. The highest BCUT2D eigenvalue weighted by atomic mass is 16.3. The number of H-pyrrole nitrogens is 1. The predicted octanol–water partition coefficient (Wildman–Crippen LogP) is 1.92. The molecule has 0 aromatic carbocycles. The van der Waals surface area contributed by atoms with Crippen molar-refractivity contribution in [2.75, 3.05) is 0 Å². The van der Waals surface area contributed by atoms with Crippen molar-refractivity contribution in [3.63, 3.8) is 0 Å². The molecule has 0 fully saturated rings. The number of aromatic nitrogens is 1. The Morgan fingerprint density at radius 2 is 2.25 bits per heavy atom. The van der Waals surface area contributed by atoms with Crippen LogP contribution in [0.3, 0.4) is 0 Å². The number of pyridine rings is 1. The second-order valence-corrected chi connectivity index (χ2v) is 3.02. The summed E-state index contributed by atoms with van der Waals surface area (Å²) in [7, 11) is 0. The summed E-state index contributed by atoms with van der Waals surface area (Å²) < 4.78 is 0. The molecular formula is C10H11NO. The SMILES string of the molecule is Cc1cc2cc[nH]c(CO)c-2c1. The Morgan fingerprint density at radius 1 is 1.42 bits per heavy atom. The van der Waals surface area contributed by atoms with Gasteiger partial charge in [0.1, 0.15) is 0 Å². The van der Waals surface area contributed by atoms with E-state index in [1.165, 1.54) is 11.1 Å². The van der Waals surface area contributed by atoms with Crippen LogP contribution in [0.5, 0.6) is 0 Å². The minimum absolute atomic E-state index is 0.0702. The highest BCUT2D eigenvalue weighted by Gasteiger charge is 2.07. The van der Waals surface area contributed by atoms with Crippen molar-refractivity contribution in [2.45, 2.75) is 13.5 Å². The molecule has 0 saturated carbocycles. The van der Waals surface area contributed by atoms with Gasteiger partial charge in [-0.25, -0.2) is 0 Å². The van der Waals surface area contributed by atoms with Crippen molar-refractivity contribution >= 4 is 0 Å². The lowest BCUT2D eigenvalue weighted by atomic mass is 10.1. The topological polar surface area (TPSA) is 36.0 Å². The molecule has 0 unspecified atom stereocenters. The van der Waals surface area contributed by atoms with Gasteiger partial charge in [0, 0.05) is 17.5 Å². The number of aliphatic hydroxyl groups is 1. The van der Waals surface area contributed by atoms with Crippen LogP contribution in [0.1, 0.15) is 11.3 Å². The molecule has 1 aliphatic carbocycles. The van der Waals surface area contributed by atoms with Gasteiger partial charge in [-0.1, -0.05) is 6.07 Å². The monoisotopic (exact) mass is 161 g/mol. The predicted molar refractivity (Wildman–Crippen MR) is 48.1 cm³/mol. The Morgan fingerprint density at radius 3 is 3.00 bits per heavy atom. The maximum atomic E-state index is 9.01. The van der Waals surface area contributed by atoms with E-state index in [0.29, 0.717) is 0 Å². The number of aromatic amines is 1. The lowest BCUT2D eigenvalue weighted by molar-refractivity contribution is 0.277. The molecule has 0 bridgehead atoms. The van der Waals surface area contributed by atoms with Crippen molar-refractivity contribution in [2.24, 2.45) is 0 Å². The van der Waals surface area contributed by atoms with E-state index in [0.717, 1.165) is 11.3 Å². The van der Waals surface area contributed by atoms with E-state index < -0.39 is 0 Å². The fourth-order valence-electron chi connectivity index (χ4n) is 1.52.